The Kier molecular flexibility index (Phi) is 7.44. The number of likely N-dealkylation sites (N-methyl/N-ethyl adjacent to an activating group) is 1. The third-order valence-electron chi connectivity index (χ3n) is 3.94. The molecule has 0 radical (unpaired) electrons. The topological polar surface area (TPSA) is 81.5 Å². The van der Waals surface area contributed by atoms with Crippen LogP contribution in [0.25, 0.3) is 0 Å². The summed E-state index contributed by atoms with van der Waals surface area (Å²) in [4.78, 5) is 23.0. The lowest BCUT2D eigenvalue weighted by Crippen LogP contribution is -2.37. The second-order valence-electron chi connectivity index (χ2n) is 6.21. The third kappa shape index (κ3) is 5.58. The maximum atomic E-state index is 12.7. The maximum Gasteiger partial charge on any atom is 0.270 e. The summed E-state index contributed by atoms with van der Waals surface area (Å²) >= 11 is 6.04. The highest BCUT2D eigenvalue weighted by atomic mass is 35.5. The van der Waals surface area contributed by atoms with E-state index in [-0.39, 0.29) is 18.6 Å². The summed E-state index contributed by atoms with van der Waals surface area (Å²) in [5, 5.41) is 3.83. The van der Waals surface area contributed by atoms with Crippen molar-refractivity contribution < 1.29 is 14.3 Å². The van der Waals surface area contributed by atoms with Crippen molar-refractivity contribution in [3.8, 4) is 5.88 Å². The monoisotopic (exact) mass is 395 g/mol. The molecule has 0 saturated heterocycles. The van der Waals surface area contributed by atoms with Crippen molar-refractivity contribution in [3.05, 3.63) is 34.9 Å². The maximum absolute atomic E-state index is 12.7. The molecule has 0 aliphatic heterocycles. The summed E-state index contributed by atoms with van der Waals surface area (Å²) < 4.78 is 12.1. The van der Waals surface area contributed by atoms with Crippen LogP contribution in [0.2, 0.25) is 5.02 Å². The molecule has 1 unspecified atom stereocenters. The first-order valence-electron chi connectivity index (χ1n) is 8.66. The SMILES string of the molecule is CCn1cc(Cl)cc1C(=O)N(C)CC(C)Nc1cc(OC)nc(COC)n1. The highest BCUT2D eigenvalue weighted by molar-refractivity contribution is 6.31. The number of halogens is 1. The number of nitrogens with one attached hydrogen (secondary N) is 1. The first-order chi connectivity index (χ1) is 12.9. The van der Waals surface area contributed by atoms with Gasteiger partial charge in [0.2, 0.25) is 5.88 Å². The third-order valence-corrected chi connectivity index (χ3v) is 4.15. The van der Waals surface area contributed by atoms with Gasteiger partial charge in [0, 0.05) is 45.6 Å². The van der Waals surface area contributed by atoms with Gasteiger partial charge in [-0.15, -0.1) is 0 Å². The van der Waals surface area contributed by atoms with Crippen LogP contribution in [0.5, 0.6) is 5.88 Å². The van der Waals surface area contributed by atoms with E-state index in [0.717, 1.165) is 0 Å². The van der Waals surface area contributed by atoms with E-state index in [2.05, 4.69) is 15.3 Å². The molecule has 1 amide bonds. The molecule has 1 atom stereocenters. The molecule has 1 N–H and O–H groups in total. The Hall–Kier alpha value is -2.32. The summed E-state index contributed by atoms with van der Waals surface area (Å²) in [5.74, 6) is 1.50. The van der Waals surface area contributed by atoms with E-state index < -0.39 is 0 Å². The highest BCUT2D eigenvalue weighted by Gasteiger charge is 2.19. The summed E-state index contributed by atoms with van der Waals surface area (Å²) in [6, 6.07) is 3.35. The smallest absolute Gasteiger partial charge is 0.270 e. The second kappa shape index (κ2) is 9.57. The van der Waals surface area contributed by atoms with E-state index in [1.807, 2.05) is 18.4 Å². The average Bonchev–Trinajstić information content (AvgIpc) is 3.01. The Morgan fingerprint density at radius 2 is 2.11 bits per heavy atom. The Bertz CT molecular complexity index is 780. The number of amides is 1. The van der Waals surface area contributed by atoms with Gasteiger partial charge in [0.1, 0.15) is 18.1 Å². The van der Waals surface area contributed by atoms with Crippen LogP contribution in [0.1, 0.15) is 30.2 Å². The molecule has 0 aromatic carbocycles. The van der Waals surface area contributed by atoms with E-state index >= 15 is 0 Å². The minimum Gasteiger partial charge on any atom is -0.481 e. The molecule has 2 heterocycles. The molecule has 0 bridgehead atoms. The zero-order chi connectivity index (χ0) is 20.0. The summed E-state index contributed by atoms with van der Waals surface area (Å²) in [6.07, 6.45) is 1.76. The number of carbonyl (C=O) groups excluding carboxylic acids is 1. The Balaban J connectivity index is 2.05. The van der Waals surface area contributed by atoms with Crippen molar-refractivity contribution in [2.24, 2.45) is 0 Å². The number of aromatic nitrogens is 3. The molecule has 0 aliphatic rings. The lowest BCUT2D eigenvalue weighted by atomic mass is 10.3. The largest absolute Gasteiger partial charge is 0.481 e. The molecule has 2 aromatic heterocycles. The summed E-state index contributed by atoms with van der Waals surface area (Å²) in [6.45, 7) is 5.39. The van der Waals surface area contributed by atoms with Crippen LogP contribution in [0.3, 0.4) is 0 Å². The van der Waals surface area contributed by atoms with Crippen LogP contribution in [0.4, 0.5) is 5.82 Å². The van der Waals surface area contributed by atoms with Crippen LogP contribution < -0.4 is 10.1 Å². The van der Waals surface area contributed by atoms with Crippen molar-refractivity contribution in [1.29, 1.82) is 0 Å². The van der Waals surface area contributed by atoms with Crippen molar-refractivity contribution >= 4 is 23.3 Å². The van der Waals surface area contributed by atoms with E-state index in [0.29, 0.717) is 41.3 Å². The van der Waals surface area contributed by atoms with E-state index in [1.165, 1.54) is 0 Å². The number of hydrogen-bond donors (Lipinski definition) is 1. The number of ether oxygens (including phenoxy) is 2. The average molecular weight is 396 g/mol. The number of methoxy groups -OCH3 is 2. The van der Waals surface area contributed by atoms with Gasteiger partial charge in [0.05, 0.1) is 12.1 Å². The molecular formula is C18H26ClN5O3. The lowest BCUT2D eigenvalue weighted by Gasteiger charge is -2.23. The number of carbonyl (C=O) groups is 1. The van der Waals surface area contributed by atoms with Crippen LogP contribution in [0, 0.1) is 0 Å². The van der Waals surface area contributed by atoms with Crippen LogP contribution >= 0.6 is 11.6 Å². The Morgan fingerprint density at radius 1 is 1.37 bits per heavy atom. The molecule has 148 valence electrons. The van der Waals surface area contributed by atoms with Gasteiger partial charge in [-0.2, -0.15) is 4.98 Å². The number of anilines is 1. The fourth-order valence-corrected chi connectivity index (χ4v) is 2.97. The second-order valence-corrected chi connectivity index (χ2v) is 6.64. The zero-order valence-electron chi connectivity index (χ0n) is 16.3. The van der Waals surface area contributed by atoms with Gasteiger partial charge in [-0.25, -0.2) is 4.98 Å². The minimum absolute atomic E-state index is 0.0468. The van der Waals surface area contributed by atoms with Gasteiger partial charge in [-0.05, 0) is 19.9 Å². The number of nitrogens with zero attached hydrogens (tertiary/aromatic N) is 4. The van der Waals surface area contributed by atoms with E-state index in [9.17, 15) is 4.79 Å². The fourth-order valence-electron chi connectivity index (χ4n) is 2.75. The number of rotatable bonds is 9. The van der Waals surface area contributed by atoms with Crippen molar-refractivity contribution in [2.75, 3.05) is 33.1 Å². The van der Waals surface area contributed by atoms with Gasteiger partial charge >= 0.3 is 0 Å². The van der Waals surface area contributed by atoms with Gasteiger partial charge in [-0.1, -0.05) is 11.6 Å². The molecule has 0 spiro atoms. The first kappa shape index (κ1) is 21.0. The standard InChI is InChI=1S/C18H26ClN5O3/c1-6-24-10-13(19)7-14(24)18(25)23(3)9-12(2)20-15-8-17(27-5)22-16(21-15)11-26-4/h7-8,10,12H,6,9,11H2,1-5H3,(H,20,21,22). The Labute approximate surface area is 164 Å². The zero-order valence-corrected chi connectivity index (χ0v) is 17.1. The van der Waals surface area contributed by atoms with Crippen LogP contribution in [-0.2, 0) is 17.9 Å². The quantitative estimate of drug-likeness (QED) is 0.703. The predicted octanol–water partition coefficient (Wildman–Crippen LogP) is 2.68. The molecule has 8 nitrogen and oxygen atoms in total. The highest BCUT2D eigenvalue weighted by Crippen LogP contribution is 2.17. The van der Waals surface area contributed by atoms with E-state index in [1.54, 1.807) is 44.5 Å². The lowest BCUT2D eigenvalue weighted by molar-refractivity contribution is 0.0780. The van der Waals surface area contributed by atoms with Crippen molar-refractivity contribution in [1.82, 2.24) is 19.4 Å². The molecule has 27 heavy (non-hydrogen) atoms. The van der Waals surface area contributed by atoms with Gasteiger partial charge < -0.3 is 24.3 Å². The van der Waals surface area contributed by atoms with Crippen LogP contribution in [-0.4, -0.2) is 59.2 Å². The van der Waals surface area contributed by atoms with Gasteiger partial charge in [0.25, 0.3) is 5.91 Å². The predicted molar refractivity (Wildman–Crippen MR) is 104 cm³/mol. The Morgan fingerprint density at radius 3 is 2.74 bits per heavy atom. The van der Waals surface area contributed by atoms with Crippen LogP contribution in [0.15, 0.2) is 18.3 Å². The molecule has 0 saturated carbocycles. The molecule has 2 rings (SSSR count). The van der Waals surface area contributed by atoms with Gasteiger partial charge in [-0.3, -0.25) is 4.79 Å². The summed E-state index contributed by atoms with van der Waals surface area (Å²) in [5.41, 5.74) is 0.572. The molecule has 9 heteroatoms. The summed E-state index contributed by atoms with van der Waals surface area (Å²) in [7, 11) is 4.89. The van der Waals surface area contributed by atoms with E-state index in [4.69, 9.17) is 21.1 Å². The fraction of sp³-hybridized carbons (Fsp3) is 0.500. The molecular weight excluding hydrogens is 370 g/mol. The van der Waals surface area contributed by atoms with Crippen molar-refractivity contribution in [3.63, 3.8) is 0 Å². The number of aryl methyl sites for hydroxylation is 1. The molecule has 0 fully saturated rings. The van der Waals surface area contributed by atoms with Gasteiger partial charge in [0.15, 0.2) is 5.82 Å². The van der Waals surface area contributed by atoms with Crippen molar-refractivity contribution in [2.45, 2.75) is 33.0 Å². The molecule has 2 aromatic rings. The first-order valence-corrected chi connectivity index (χ1v) is 9.04. The molecule has 0 aliphatic carbocycles. The normalized spacial score (nSPS) is 11.9. The number of hydrogen-bond acceptors (Lipinski definition) is 6. The minimum atomic E-state index is -0.0854.